The molecule has 1 rings (SSSR count). The van der Waals surface area contributed by atoms with E-state index in [0.717, 1.165) is 12.8 Å². The SMILES string of the molecule is COCCCCNc1cccc(Cl)c1[N+](=O)[O-]. The second-order valence-electron chi connectivity index (χ2n) is 3.52. The highest BCUT2D eigenvalue weighted by atomic mass is 35.5. The van der Waals surface area contributed by atoms with E-state index in [9.17, 15) is 10.1 Å². The highest BCUT2D eigenvalue weighted by Crippen LogP contribution is 2.32. The molecule has 0 radical (unpaired) electrons. The number of hydrogen-bond donors (Lipinski definition) is 1. The average molecular weight is 259 g/mol. The van der Waals surface area contributed by atoms with Crippen LogP contribution in [0.4, 0.5) is 11.4 Å². The molecule has 17 heavy (non-hydrogen) atoms. The molecule has 0 spiro atoms. The zero-order chi connectivity index (χ0) is 12.7. The van der Waals surface area contributed by atoms with Gasteiger partial charge in [0.1, 0.15) is 10.7 Å². The highest BCUT2D eigenvalue weighted by molar-refractivity contribution is 6.33. The van der Waals surface area contributed by atoms with E-state index in [2.05, 4.69) is 5.32 Å². The molecule has 0 aliphatic rings. The van der Waals surface area contributed by atoms with E-state index in [1.54, 1.807) is 19.2 Å². The fourth-order valence-electron chi connectivity index (χ4n) is 1.44. The minimum Gasteiger partial charge on any atom is -0.385 e. The molecule has 1 N–H and O–H groups in total. The average Bonchev–Trinajstić information content (AvgIpc) is 2.28. The fraction of sp³-hybridized carbons (Fsp3) is 0.455. The van der Waals surface area contributed by atoms with E-state index < -0.39 is 4.92 Å². The summed E-state index contributed by atoms with van der Waals surface area (Å²) in [5.74, 6) is 0. The Morgan fingerprint density at radius 3 is 2.88 bits per heavy atom. The Labute approximate surface area is 105 Å². The third-order valence-electron chi connectivity index (χ3n) is 2.26. The number of nitrogens with one attached hydrogen (secondary N) is 1. The van der Waals surface area contributed by atoms with Crippen molar-refractivity contribution >= 4 is 23.0 Å². The van der Waals surface area contributed by atoms with Crippen LogP contribution < -0.4 is 5.32 Å². The summed E-state index contributed by atoms with van der Waals surface area (Å²) in [6.45, 7) is 1.35. The van der Waals surface area contributed by atoms with Crippen molar-refractivity contribution in [3.63, 3.8) is 0 Å². The number of anilines is 1. The van der Waals surface area contributed by atoms with E-state index in [1.165, 1.54) is 6.07 Å². The molecule has 0 saturated carbocycles. The third kappa shape index (κ3) is 4.20. The lowest BCUT2D eigenvalue weighted by molar-refractivity contribution is -0.383. The van der Waals surface area contributed by atoms with E-state index in [-0.39, 0.29) is 10.7 Å². The number of benzene rings is 1. The van der Waals surface area contributed by atoms with E-state index >= 15 is 0 Å². The Hall–Kier alpha value is -1.33. The van der Waals surface area contributed by atoms with Crippen molar-refractivity contribution in [2.24, 2.45) is 0 Å². The first-order valence-electron chi connectivity index (χ1n) is 5.32. The zero-order valence-corrected chi connectivity index (χ0v) is 10.4. The van der Waals surface area contributed by atoms with Crippen LogP contribution in [0.25, 0.3) is 0 Å². The number of para-hydroxylation sites is 1. The molecule has 0 fully saturated rings. The number of nitro groups is 1. The minimum absolute atomic E-state index is 0.0686. The van der Waals surface area contributed by atoms with Gasteiger partial charge in [-0.05, 0) is 25.0 Å². The maximum Gasteiger partial charge on any atom is 0.310 e. The van der Waals surface area contributed by atoms with Gasteiger partial charge in [-0.15, -0.1) is 0 Å². The number of nitrogens with zero attached hydrogens (tertiary/aromatic N) is 1. The molecule has 0 unspecified atom stereocenters. The van der Waals surface area contributed by atoms with Gasteiger partial charge in [0.25, 0.3) is 0 Å². The predicted molar refractivity (Wildman–Crippen MR) is 67.7 cm³/mol. The number of nitro benzene ring substituents is 1. The van der Waals surface area contributed by atoms with Gasteiger partial charge in [-0.2, -0.15) is 0 Å². The summed E-state index contributed by atoms with van der Waals surface area (Å²) in [6, 6.07) is 4.85. The Morgan fingerprint density at radius 1 is 1.47 bits per heavy atom. The number of unbranched alkanes of at least 4 members (excludes halogenated alkanes) is 1. The number of halogens is 1. The summed E-state index contributed by atoms with van der Waals surface area (Å²) < 4.78 is 4.92. The number of rotatable bonds is 7. The maximum absolute atomic E-state index is 10.8. The lowest BCUT2D eigenvalue weighted by atomic mass is 10.2. The molecule has 94 valence electrons. The molecule has 0 heterocycles. The first kappa shape index (κ1) is 13.7. The van der Waals surface area contributed by atoms with Crippen LogP contribution in [0.3, 0.4) is 0 Å². The monoisotopic (exact) mass is 258 g/mol. The molecule has 6 heteroatoms. The van der Waals surface area contributed by atoms with Gasteiger partial charge in [0.2, 0.25) is 0 Å². The summed E-state index contributed by atoms with van der Waals surface area (Å²) in [5, 5.41) is 14.0. The summed E-state index contributed by atoms with van der Waals surface area (Å²) in [4.78, 5) is 10.4. The van der Waals surface area contributed by atoms with E-state index in [0.29, 0.717) is 18.8 Å². The minimum atomic E-state index is -0.472. The van der Waals surface area contributed by atoms with Crippen LogP contribution in [-0.4, -0.2) is 25.2 Å². The van der Waals surface area contributed by atoms with Gasteiger partial charge >= 0.3 is 5.69 Å². The molecule has 0 saturated heterocycles. The zero-order valence-electron chi connectivity index (χ0n) is 9.61. The maximum atomic E-state index is 10.8. The van der Waals surface area contributed by atoms with Gasteiger partial charge < -0.3 is 10.1 Å². The van der Waals surface area contributed by atoms with Gasteiger partial charge in [-0.1, -0.05) is 17.7 Å². The third-order valence-corrected chi connectivity index (χ3v) is 2.57. The summed E-state index contributed by atoms with van der Waals surface area (Å²) in [7, 11) is 1.65. The van der Waals surface area contributed by atoms with E-state index in [1.807, 2.05) is 0 Å². The van der Waals surface area contributed by atoms with Crippen molar-refractivity contribution in [2.75, 3.05) is 25.6 Å². The largest absolute Gasteiger partial charge is 0.385 e. The van der Waals surface area contributed by atoms with Gasteiger partial charge in [0.15, 0.2) is 0 Å². The Morgan fingerprint density at radius 2 is 2.24 bits per heavy atom. The van der Waals surface area contributed by atoms with Crippen molar-refractivity contribution in [1.82, 2.24) is 0 Å². The first-order chi connectivity index (χ1) is 8.16. The molecule has 0 aliphatic heterocycles. The fourth-order valence-corrected chi connectivity index (χ4v) is 1.68. The van der Waals surface area contributed by atoms with Crippen LogP contribution in [-0.2, 0) is 4.74 Å². The highest BCUT2D eigenvalue weighted by Gasteiger charge is 2.17. The number of hydrogen-bond acceptors (Lipinski definition) is 4. The molecule has 0 bridgehead atoms. The molecule has 0 aromatic heterocycles. The lowest BCUT2D eigenvalue weighted by Gasteiger charge is -2.07. The van der Waals surface area contributed by atoms with Crippen LogP contribution >= 0.6 is 11.6 Å². The molecule has 1 aromatic rings. The van der Waals surface area contributed by atoms with Gasteiger partial charge in [-0.3, -0.25) is 10.1 Å². The predicted octanol–water partition coefficient (Wildman–Crippen LogP) is 3.09. The Bertz CT molecular complexity index is 385. The second-order valence-corrected chi connectivity index (χ2v) is 3.93. The Kier molecular flexibility index (Phi) is 5.72. The van der Waals surface area contributed by atoms with Crippen molar-refractivity contribution in [1.29, 1.82) is 0 Å². The summed E-state index contributed by atoms with van der Waals surface area (Å²) in [6.07, 6.45) is 1.80. The summed E-state index contributed by atoms with van der Waals surface area (Å²) in [5.41, 5.74) is 0.390. The molecular formula is C11H15ClN2O3. The van der Waals surface area contributed by atoms with Crippen LogP contribution in [0.15, 0.2) is 18.2 Å². The van der Waals surface area contributed by atoms with Crippen LogP contribution in [0.1, 0.15) is 12.8 Å². The topological polar surface area (TPSA) is 64.4 Å². The van der Waals surface area contributed by atoms with Gasteiger partial charge in [0.05, 0.1) is 4.92 Å². The van der Waals surface area contributed by atoms with Crippen molar-refractivity contribution < 1.29 is 9.66 Å². The second kappa shape index (κ2) is 7.09. The first-order valence-corrected chi connectivity index (χ1v) is 5.70. The van der Waals surface area contributed by atoms with Crippen molar-refractivity contribution in [2.45, 2.75) is 12.8 Å². The van der Waals surface area contributed by atoms with Crippen molar-refractivity contribution in [3.8, 4) is 0 Å². The molecule has 5 nitrogen and oxygen atoms in total. The molecular weight excluding hydrogens is 244 g/mol. The van der Waals surface area contributed by atoms with E-state index in [4.69, 9.17) is 16.3 Å². The van der Waals surface area contributed by atoms with Crippen LogP contribution in [0.2, 0.25) is 5.02 Å². The Balaban J connectivity index is 2.58. The van der Waals surface area contributed by atoms with Crippen molar-refractivity contribution in [3.05, 3.63) is 33.3 Å². The van der Waals surface area contributed by atoms with Gasteiger partial charge in [-0.25, -0.2) is 0 Å². The van der Waals surface area contributed by atoms with Crippen LogP contribution in [0.5, 0.6) is 0 Å². The summed E-state index contributed by atoms with van der Waals surface area (Å²) >= 11 is 5.79. The van der Waals surface area contributed by atoms with Crippen LogP contribution in [0, 0.1) is 10.1 Å². The van der Waals surface area contributed by atoms with Gasteiger partial charge in [0, 0.05) is 20.3 Å². The normalized spacial score (nSPS) is 10.2. The molecule has 1 aromatic carbocycles. The standard InChI is InChI=1S/C11H15ClN2O3/c1-17-8-3-2-7-13-10-6-4-5-9(12)11(10)14(15)16/h4-6,13H,2-3,7-8H2,1H3. The smallest absolute Gasteiger partial charge is 0.310 e. The molecule has 0 atom stereocenters. The number of methoxy groups -OCH3 is 1. The lowest BCUT2D eigenvalue weighted by Crippen LogP contribution is -2.05. The quantitative estimate of drug-likeness (QED) is 0.464. The molecule has 0 amide bonds. The molecule has 0 aliphatic carbocycles. The number of ether oxygens (including phenoxy) is 1.